The molecule has 0 unspecified atom stereocenters. The van der Waals surface area contributed by atoms with Crippen molar-refractivity contribution in [3.8, 4) is 0 Å². The summed E-state index contributed by atoms with van der Waals surface area (Å²) >= 11 is 0. The molecule has 22 heavy (non-hydrogen) atoms. The zero-order valence-electron chi connectivity index (χ0n) is 13.7. The van der Waals surface area contributed by atoms with Gasteiger partial charge in [0.05, 0.1) is 12.2 Å². The zero-order chi connectivity index (χ0) is 16.2. The van der Waals surface area contributed by atoms with Gasteiger partial charge in [-0.25, -0.2) is 0 Å². The van der Waals surface area contributed by atoms with Crippen LogP contribution in [0.2, 0.25) is 0 Å². The standard InChI is InChI=1S/C17H28O5/c1-12(2)21-16(20)17(10-7-11-18)14(19)9-6-4-3-5-8-13-15(17)22-13/h12-13,15,18H,3-11H2,1-2H3/t13-,15+,17-/m1/s1. The summed E-state index contributed by atoms with van der Waals surface area (Å²) in [5, 5.41) is 9.18. The molecule has 5 nitrogen and oxygen atoms in total. The number of aliphatic hydroxyl groups is 1. The molecule has 0 amide bonds. The van der Waals surface area contributed by atoms with E-state index < -0.39 is 11.4 Å². The Bertz CT molecular complexity index is 406. The Morgan fingerprint density at radius 1 is 1.36 bits per heavy atom. The third-order valence-corrected chi connectivity index (χ3v) is 4.64. The summed E-state index contributed by atoms with van der Waals surface area (Å²) in [6, 6.07) is 0. The molecule has 1 heterocycles. The average Bonchev–Trinajstić information content (AvgIpc) is 3.22. The molecule has 2 aliphatic rings. The van der Waals surface area contributed by atoms with Crippen LogP contribution < -0.4 is 0 Å². The molecule has 1 saturated carbocycles. The van der Waals surface area contributed by atoms with Crippen LogP contribution in [0.1, 0.15) is 65.2 Å². The Kier molecular flexibility index (Phi) is 5.98. The molecule has 126 valence electrons. The highest BCUT2D eigenvalue weighted by atomic mass is 16.6. The molecule has 1 aliphatic carbocycles. The summed E-state index contributed by atoms with van der Waals surface area (Å²) in [4.78, 5) is 25.6. The van der Waals surface area contributed by atoms with Crippen LogP contribution in [0.5, 0.6) is 0 Å². The summed E-state index contributed by atoms with van der Waals surface area (Å²) < 4.78 is 11.1. The molecule has 0 aromatic carbocycles. The lowest BCUT2D eigenvalue weighted by Gasteiger charge is -2.30. The van der Waals surface area contributed by atoms with Gasteiger partial charge in [0.25, 0.3) is 0 Å². The summed E-state index contributed by atoms with van der Waals surface area (Å²) in [6.45, 7) is 3.53. The molecule has 3 atom stereocenters. The van der Waals surface area contributed by atoms with Gasteiger partial charge >= 0.3 is 5.97 Å². The van der Waals surface area contributed by atoms with Crippen LogP contribution in [0.25, 0.3) is 0 Å². The Morgan fingerprint density at radius 2 is 2.09 bits per heavy atom. The fraction of sp³-hybridized carbons (Fsp3) is 0.882. The molecule has 2 rings (SSSR count). The van der Waals surface area contributed by atoms with E-state index in [1.807, 2.05) is 0 Å². The first-order valence-corrected chi connectivity index (χ1v) is 8.53. The predicted molar refractivity (Wildman–Crippen MR) is 81.4 cm³/mol. The van der Waals surface area contributed by atoms with E-state index in [1.54, 1.807) is 13.8 Å². The maximum Gasteiger partial charge on any atom is 0.322 e. The van der Waals surface area contributed by atoms with Gasteiger partial charge in [0.2, 0.25) is 0 Å². The molecule has 0 aromatic rings. The highest BCUT2D eigenvalue weighted by molar-refractivity contribution is 6.05. The number of Topliss-reactive ketones (excluding diaryl/α,β-unsaturated/α-hetero) is 1. The van der Waals surface area contributed by atoms with E-state index in [2.05, 4.69) is 0 Å². The van der Waals surface area contributed by atoms with Gasteiger partial charge in [-0.15, -0.1) is 0 Å². The molecule has 1 saturated heterocycles. The summed E-state index contributed by atoms with van der Waals surface area (Å²) in [5.74, 6) is -0.532. The Labute approximate surface area is 132 Å². The van der Waals surface area contributed by atoms with Crippen molar-refractivity contribution in [3.63, 3.8) is 0 Å². The SMILES string of the molecule is CC(C)OC(=O)[C@]1(CCCO)C(=O)CCCCCC[C@H]2O[C@@H]21. The Balaban J connectivity index is 2.27. The normalized spacial score (nSPS) is 32.5. The number of carbonyl (C=O) groups is 2. The quantitative estimate of drug-likeness (QED) is 0.479. The van der Waals surface area contributed by atoms with Gasteiger partial charge < -0.3 is 14.6 Å². The van der Waals surface area contributed by atoms with Crippen LogP contribution in [0.4, 0.5) is 0 Å². The van der Waals surface area contributed by atoms with Crippen molar-refractivity contribution >= 4 is 11.8 Å². The number of rotatable bonds is 5. The maximum atomic E-state index is 12.9. The van der Waals surface area contributed by atoms with E-state index in [9.17, 15) is 14.7 Å². The molecular weight excluding hydrogens is 284 g/mol. The van der Waals surface area contributed by atoms with Crippen molar-refractivity contribution in [2.45, 2.75) is 83.5 Å². The molecule has 0 bridgehead atoms. The van der Waals surface area contributed by atoms with E-state index in [1.165, 1.54) is 0 Å². The number of ether oxygens (including phenoxy) is 2. The van der Waals surface area contributed by atoms with Gasteiger partial charge in [0, 0.05) is 13.0 Å². The van der Waals surface area contributed by atoms with E-state index in [0.717, 1.165) is 32.1 Å². The van der Waals surface area contributed by atoms with Crippen LogP contribution in [-0.2, 0) is 19.1 Å². The number of ketones is 1. The first kappa shape index (κ1) is 17.4. The molecule has 2 fully saturated rings. The highest BCUT2D eigenvalue weighted by Gasteiger charge is 2.62. The van der Waals surface area contributed by atoms with Gasteiger partial charge in [0.1, 0.15) is 6.10 Å². The fourth-order valence-corrected chi connectivity index (χ4v) is 3.45. The molecular formula is C17H28O5. The maximum absolute atomic E-state index is 12.9. The monoisotopic (exact) mass is 312 g/mol. The van der Waals surface area contributed by atoms with Gasteiger partial charge in [-0.1, -0.05) is 19.3 Å². The number of fused-ring (bicyclic) bond motifs is 1. The van der Waals surface area contributed by atoms with Gasteiger partial charge in [-0.05, 0) is 39.5 Å². The predicted octanol–water partition coefficient (Wildman–Crippen LogP) is 2.39. The molecule has 0 aromatic heterocycles. The van der Waals surface area contributed by atoms with E-state index in [-0.39, 0.29) is 30.7 Å². The van der Waals surface area contributed by atoms with E-state index in [0.29, 0.717) is 19.3 Å². The second-order valence-electron chi connectivity index (χ2n) is 6.72. The lowest BCUT2D eigenvalue weighted by Crippen LogP contribution is -2.47. The van der Waals surface area contributed by atoms with Gasteiger partial charge in [-0.2, -0.15) is 0 Å². The number of aliphatic hydroxyl groups excluding tert-OH is 1. The van der Waals surface area contributed by atoms with Gasteiger partial charge in [-0.3, -0.25) is 9.59 Å². The lowest BCUT2D eigenvalue weighted by atomic mass is 9.72. The Morgan fingerprint density at radius 3 is 2.77 bits per heavy atom. The minimum Gasteiger partial charge on any atom is -0.462 e. The third kappa shape index (κ3) is 3.69. The van der Waals surface area contributed by atoms with Crippen molar-refractivity contribution in [3.05, 3.63) is 0 Å². The number of esters is 1. The van der Waals surface area contributed by atoms with Crippen LogP contribution in [0.3, 0.4) is 0 Å². The first-order valence-electron chi connectivity index (χ1n) is 8.53. The Hall–Kier alpha value is -0.940. The van der Waals surface area contributed by atoms with Crippen molar-refractivity contribution in [2.24, 2.45) is 5.41 Å². The summed E-state index contributed by atoms with van der Waals surface area (Å²) in [5.41, 5.74) is -1.21. The molecule has 1 N–H and O–H groups in total. The fourth-order valence-electron chi connectivity index (χ4n) is 3.45. The van der Waals surface area contributed by atoms with E-state index >= 15 is 0 Å². The first-order chi connectivity index (χ1) is 10.5. The molecule has 0 spiro atoms. The smallest absolute Gasteiger partial charge is 0.322 e. The van der Waals surface area contributed by atoms with E-state index in [4.69, 9.17) is 9.47 Å². The largest absolute Gasteiger partial charge is 0.462 e. The zero-order valence-corrected chi connectivity index (χ0v) is 13.7. The topological polar surface area (TPSA) is 76.1 Å². The number of hydrogen-bond acceptors (Lipinski definition) is 5. The lowest BCUT2D eigenvalue weighted by molar-refractivity contribution is -0.166. The third-order valence-electron chi connectivity index (χ3n) is 4.64. The minimum atomic E-state index is -1.21. The minimum absolute atomic E-state index is 0.0135. The molecule has 5 heteroatoms. The van der Waals surface area contributed by atoms with Crippen LogP contribution in [-0.4, -0.2) is 41.8 Å². The van der Waals surface area contributed by atoms with Crippen molar-refractivity contribution in [1.29, 1.82) is 0 Å². The number of epoxide rings is 1. The number of carbonyl (C=O) groups excluding carboxylic acids is 2. The van der Waals surface area contributed by atoms with Crippen molar-refractivity contribution in [1.82, 2.24) is 0 Å². The second-order valence-corrected chi connectivity index (χ2v) is 6.72. The second kappa shape index (κ2) is 7.55. The molecule has 1 aliphatic heterocycles. The van der Waals surface area contributed by atoms with Crippen molar-refractivity contribution in [2.75, 3.05) is 6.61 Å². The van der Waals surface area contributed by atoms with Crippen LogP contribution >= 0.6 is 0 Å². The van der Waals surface area contributed by atoms with Crippen molar-refractivity contribution < 1.29 is 24.2 Å². The summed E-state index contributed by atoms with van der Waals surface area (Å²) in [7, 11) is 0. The van der Waals surface area contributed by atoms with Crippen LogP contribution in [0, 0.1) is 5.41 Å². The summed E-state index contributed by atoms with van der Waals surface area (Å²) in [6.07, 6.45) is 5.38. The number of hydrogen-bond donors (Lipinski definition) is 1. The van der Waals surface area contributed by atoms with Gasteiger partial charge in [0.15, 0.2) is 11.2 Å². The average molecular weight is 312 g/mol. The van der Waals surface area contributed by atoms with Crippen LogP contribution in [0.15, 0.2) is 0 Å². The molecule has 0 radical (unpaired) electrons. The highest BCUT2D eigenvalue weighted by Crippen LogP contribution is 2.47.